The van der Waals surface area contributed by atoms with Crippen LogP contribution in [0, 0.1) is 4.77 Å². The fourth-order valence-corrected chi connectivity index (χ4v) is 2.20. The molecule has 0 saturated carbocycles. The molecule has 0 aliphatic rings. The molecule has 0 saturated heterocycles. The van der Waals surface area contributed by atoms with Gasteiger partial charge >= 0.3 is 0 Å². The zero-order valence-electron chi connectivity index (χ0n) is 11.6. The molecule has 3 rings (SSSR count). The molecule has 0 fully saturated rings. The Morgan fingerprint density at radius 1 is 1.35 bits per heavy atom. The first-order valence-corrected chi connectivity index (χ1v) is 7.61. The molecule has 0 spiro atoms. The second-order valence-corrected chi connectivity index (χ2v) is 5.65. The Hall–Kier alpha value is -2.09. The molecule has 0 aliphatic heterocycles. The molecule has 1 aromatic carbocycles. The number of benzene rings is 1. The SMILES string of the molecule is S=c1[nH]ncn1/N=C/c1ccc(COc2cc(Cl)ccc2Cl)o1. The van der Waals surface area contributed by atoms with Crippen LogP contribution in [0.1, 0.15) is 11.5 Å². The van der Waals surface area contributed by atoms with Crippen LogP contribution < -0.4 is 4.74 Å². The number of hydrogen-bond acceptors (Lipinski definition) is 5. The Morgan fingerprint density at radius 3 is 3.00 bits per heavy atom. The summed E-state index contributed by atoms with van der Waals surface area (Å²) in [6.07, 6.45) is 2.99. The smallest absolute Gasteiger partial charge is 0.216 e. The molecule has 0 unspecified atom stereocenters. The van der Waals surface area contributed by atoms with Crippen LogP contribution in [-0.2, 0) is 6.61 Å². The maximum absolute atomic E-state index is 6.03. The average Bonchev–Trinajstić information content (AvgIpc) is 3.15. The number of aromatic nitrogens is 3. The van der Waals surface area contributed by atoms with E-state index < -0.39 is 0 Å². The zero-order chi connectivity index (χ0) is 16.2. The van der Waals surface area contributed by atoms with Crippen LogP contribution in [0.3, 0.4) is 0 Å². The summed E-state index contributed by atoms with van der Waals surface area (Å²) in [6.45, 7) is 0.221. The van der Waals surface area contributed by atoms with E-state index in [1.54, 1.807) is 30.3 Å². The third-order valence-corrected chi connectivity index (χ3v) is 3.62. The number of nitrogens with one attached hydrogen (secondary N) is 1. The third-order valence-electron chi connectivity index (χ3n) is 2.79. The van der Waals surface area contributed by atoms with Crippen LogP contribution in [0.15, 0.2) is 46.2 Å². The van der Waals surface area contributed by atoms with E-state index in [9.17, 15) is 0 Å². The number of halogens is 2. The van der Waals surface area contributed by atoms with Gasteiger partial charge in [0.2, 0.25) is 4.77 Å². The van der Waals surface area contributed by atoms with E-state index in [-0.39, 0.29) is 6.61 Å². The van der Waals surface area contributed by atoms with Crippen molar-refractivity contribution >= 4 is 41.6 Å². The highest BCUT2D eigenvalue weighted by Crippen LogP contribution is 2.28. The van der Waals surface area contributed by atoms with Crippen molar-refractivity contribution in [3.8, 4) is 5.75 Å². The molecule has 9 heteroatoms. The minimum absolute atomic E-state index is 0.221. The lowest BCUT2D eigenvalue weighted by molar-refractivity contribution is 0.270. The van der Waals surface area contributed by atoms with E-state index in [0.29, 0.717) is 32.1 Å². The zero-order valence-corrected chi connectivity index (χ0v) is 13.9. The summed E-state index contributed by atoms with van der Waals surface area (Å²) in [5.41, 5.74) is 0. The van der Waals surface area contributed by atoms with Crippen molar-refractivity contribution in [3.05, 3.63) is 63.0 Å². The van der Waals surface area contributed by atoms with Gasteiger partial charge in [0.05, 0.1) is 11.2 Å². The molecular formula is C14H10Cl2N4O2S. The Bertz CT molecular complexity index is 900. The Morgan fingerprint density at radius 2 is 2.22 bits per heavy atom. The summed E-state index contributed by atoms with van der Waals surface area (Å²) in [7, 11) is 0. The van der Waals surface area contributed by atoms with Crippen molar-refractivity contribution in [1.29, 1.82) is 0 Å². The van der Waals surface area contributed by atoms with Crippen molar-refractivity contribution in [3.63, 3.8) is 0 Å². The molecule has 0 bridgehead atoms. The molecule has 0 amide bonds. The van der Waals surface area contributed by atoms with Gasteiger partial charge in [-0.3, -0.25) is 5.10 Å². The number of rotatable bonds is 5. The van der Waals surface area contributed by atoms with Crippen LogP contribution in [0.5, 0.6) is 5.75 Å². The van der Waals surface area contributed by atoms with Gasteiger partial charge in [0.1, 0.15) is 30.2 Å². The molecule has 2 aromatic heterocycles. The van der Waals surface area contributed by atoms with Crippen LogP contribution in [0.4, 0.5) is 0 Å². The standard InChI is InChI=1S/C14H10Cl2N4O2S/c15-9-1-4-12(16)13(5-9)21-7-11-3-2-10(22-11)6-18-20-8-17-19-14(20)23/h1-6,8H,7H2,(H,19,23)/b18-6+. The van der Waals surface area contributed by atoms with Crippen molar-refractivity contribution in [2.75, 3.05) is 0 Å². The summed E-state index contributed by atoms with van der Waals surface area (Å²) in [5.74, 6) is 1.68. The molecule has 0 atom stereocenters. The topological polar surface area (TPSA) is 68.3 Å². The van der Waals surface area contributed by atoms with Crippen molar-refractivity contribution in [2.24, 2.45) is 5.10 Å². The van der Waals surface area contributed by atoms with Crippen molar-refractivity contribution < 1.29 is 9.15 Å². The number of ether oxygens (including phenoxy) is 1. The summed E-state index contributed by atoms with van der Waals surface area (Å²) in [6, 6.07) is 8.57. The first-order chi connectivity index (χ1) is 11.1. The highest BCUT2D eigenvalue weighted by Gasteiger charge is 2.06. The van der Waals surface area contributed by atoms with E-state index >= 15 is 0 Å². The second-order valence-electron chi connectivity index (χ2n) is 4.42. The number of aromatic amines is 1. The Kier molecular flexibility index (Phi) is 4.80. The lowest BCUT2D eigenvalue weighted by Crippen LogP contribution is -1.94. The summed E-state index contributed by atoms with van der Waals surface area (Å²) < 4.78 is 13.0. The van der Waals surface area contributed by atoms with Crippen LogP contribution >= 0.6 is 35.4 Å². The number of nitrogens with zero attached hydrogens (tertiary/aromatic N) is 3. The first-order valence-electron chi connectivity index (χ1n) is 6.45. The maximum atomic E-state index is 6.03. The number of hydrogen-bond donors (Lipinski definition) is 1. The van der Waals surface area contributed by atoms with Gasteiger partial charge in [-0.05, 0) is 36.5 Å². The predicted octanol–water partition coefficient (Wildman–Crippen LogP) is 4.30. The largest absolute Gasteiger partial charge is 0.484 e. The highest BCUT2D eigenvalue weighted by atomic mass is 35.5. The molecular weight excluding hydrogens is 359 g/mol. The van der Waals surface area contributed by atoms with E-state index in [0.717, 1.165) is 0 Å². The minimum Gasteiger partial charge on any atom is -0.484 e. The lowest BCUT2D eigenvalue weighted by Gasteiger charge is -2.06. The molecule has 23 heavy (non-hydrogen) atoms. The number of H-pyrrole nitrogens is 1. The third kappa shape index (κ3) is 4.01. The summed E-state index contributed by atoms with van der Waals surface area (Å²) in [5, 5.41) is 11.5. The predicted molar refractivity (Wildman–Crippen MR) is 89.9 cm³/mol. The summed E-state index contributed by atoms with van der Waals surface area (Å²) in [4.78, 5) is 0. The van der Waals surface area contributed by atoms with E-state index in [4.69, 9.17) is 44.6 Å². The molecule has 3 aromatic rings. The average molecular weight is 369 g/mol. The maximum Gasteiger partial charge on any atom is 0.216 e. The van der Waals surface area contributed by atoms with Gasteiger partial charge in [0.25, 0.3) is 0 Å². The second kappa shape index (κ2) is 6.99. The quantitative estimate of drug-likeness (QED) is 0.538. The van der Waals surface area contributed by atoms with Crippen LogP contribution in [-0.4, -0.2) is 21.1 Å². The molecule has 0 aliphatic carbocycles. The van der Waals surface area contributed by atoms with Gasteiger partial charge in [0, 0.05) is 11.1 Å². The Labute approximate surface area is 146 Å². The monoisotopic (exact) mass is 368 g/mol. The fourth-order valence-electron chi connectivity index (χ4n) is 1.72. The van der Waals surface area contributed by atoms with E-state index in [2.05, 4.69) is 15.3 Å². The Balaban J connectivity index is 1.65. The van der Waals surface area contributed by atoms with Gasteiger partial charge < -0.3 is 9.15 Å². The van der Waals surface area contributed by atoms with Gasteiger partial charge in [-0.25, -0.2) is 0 Å². The van der Waals surface area contributed by atoms with Crippen LogP contribution in [0.25, 0.3) is 0 Å². The first kappa shape index (κ1) is 15.8. The molecule has 118 valence electrons. The van der Waals surface area contributed by atoms with Gasteiger partial charge in [-0.1, -0.05) is 23.2 Å². The molecule has 1 N–H and O–H groups in total. The van der Waals surface area contributed by atoms with Gasteiger partial charge in [-0.15, -0.1) is 0 Å². The molecule has 2 heterocycles. The molecule has 6 nitrogen and oxygen atoms in total. The van der Waals surface area contributed by atoms with Gasteiger partial charge in [-0.2, -0.15) is 14.9 Å². The molecule has 0 radical (unpaired) electrons. The minimum atomic E-state index is 0.221. The van der Waals surface area contributed by atoms with E-state index in [1.807, 2.05) is 0 Å². The van der Waals surface area contributed by atoms with Crippen molar-refractivity contribution in [2.45, 2.75) is 6.61 Å². The van der Waals surface area contributed by atoms with E-state index in [1.165, 1.54) is 17.2 Å². The van der Waals surface area contributed by atoms with Crippen LogP contribution in [0.2, 0.25) is 10.0 Å². The fraction of sp³-hybridized carbons (Fsp3) is 0.0714. The van der Waals surface area contributed by atoms with Crippen molar-refractivity contribution in [1.82, 2.24) is 14.9 Å². The normalized spacial score (nSPS) is 11.2. The highest BCUT2D eigenvalue weighted by molar-refractivity contribution is 7.71. The summed E-state index contributed by atoms with van der Waals surface area (Å²) >= 11 is 16.9. The lowest BCUT2D eigenvalue weighted by atomic mass is 10.3. The van der Waals surface area contributed by atoms with Gasteiger partial charge in [0.15, 0.2) is 0 Å². The number of furan rings is 1.